The first-order chi connectivity index (χ1) is 21.0. The number of amides is 2. The van der Waals surface area contributed by atoms with E-state index in [1.165, 1.54) is 17.0 Å². The Morgan fingerprint density at radius 3 is 2.02 bits per heavy atom. The Hall–Kier alpha value is -4.14. The molecule has 2 amide bonds. The highest BCUT2D eigenvalue weighted by atomic mass is 35.5. The highest BCUT2D eigenvalue weighted by molar-refractivity contribution is 7.92. The van der Waals surface area contributed by atoms with E-state index in [1.54, 1.807) is 43.3 Å². The lowest BCUT2D eigenvalue weighted by Gasteiger charge is -2.34. The number of carbonyl (C=O) groups excluding carboxylic acids is 2. The fraction of sp³-hybridized carbons (Fsp3) is 0.257. The van der Waals surface area contributed by atoms with Crippen LogP contribution in [0.2, 0.25) is 5.02 Å². The standard InChI is InChI=1S/C35H38ClN3O4S/c1-25(2)37-35(41)33(22-28-12-7-5-8-13-28)38(23-29-20-18-26(3)19-21-29)34(40)24-39(32-17-11-16-31(36)27(32)4)44(42,43)30-14-9-6-10-15-30/h5-21,25,33H,22-24H2,1-4H3,(H,37,41). The molecule has 0 bridgehead atoms. The molecule has 4 aromatic carbocycles. The third-order valence-corrected chi connectivity index (χ3v) is 9.48. The van der Waals surface area contributed by atoms with Crippen molar-refractivity contribution in [3.63, 3.8) is 0 Å². The Morgan fingerprint density at radius 2 is 1.41 bits per heavy atom. The first-order valence-electron chi connectivity index (χ1n) is 14.5. The molecule has 0 heterocycles. The molecule has 0 fully saturated rings. The summed E-state index contributed by atoms with van der Waals surface area (Å²) in [4.78, 5) is 29.8. The van der Waals surface area contributed by atoms with E-state index < -0.39 is 28.5 Å². The van der Waals surface area contributed by atoms with E-state index in [0.29, 0.717) is 10.6 Å². The second-order valence-electron chi connectivity index (χ2n) is 11.1. The summed E-state index contributed by atoms with van der Waals surface area (Å²) in [6.07, 6.45) is 0.249. The number of carbonyl (C=O) groups is 2. The van der Waals surface area contributed by atoms with Crippen LogP contribution in [0.15, 0.2) is 108 Å². The Kier molecular flexibility index (Phi) is 10.8. The number of nitrogens with zero attached hydrogens (tertiary/aromatic N) is 2. The van der Waals surface area contributed by atoms with E-state index in [2.05, 4.69) is 5.32 Å². The maximum atomic E-state index is 14.5. The second-order valence-corrected chi connectivity index (χ2v) is 13.4. The molecule has 0 saturated heterocycles. The van der Waals surface area contributed by atoms with Gasteiger partial charge in [0.15, 0.2) is 0 Å². The molecule has 0 aromatic heterocycles. The molecule has 0 saturated carbocycles. The van der Waals surface area contributed by atoms with E-state index in [4.69, 9.17) is 11.6 Å². The molecule has 44 heavy (non-hydrogen) atoms. The zero-order valence-electron chi connectivity index (χ0n) is 25.4. The van der Waals surface area contributed by atoms with Gasteiger partial charge in [0.2, 0.25) is 11.8 Å². The van der Waals surface area contributed by atoms with Crippen LogP contribution in [0.3, 0.4) is 0 Å². The van der Waals surface area contributed by atoms with E-state index >= 15 is 0 Å². The summed E-state index contributed by atoms with van der Waals surface area (Å²) < 4.78 is 29.3. The lowest BCUT2D eigenvalue weighted by atomic mass is 10.0. The molecule has 1 unspecified atom stereocenters. The van der Waals surface area contributed by atoms with Crippen molar-refractivity contribution in [3.8, 4) is 0 Å². The van der Waals surface area contributed by atoms with Gasteiger partial charge in [-0.3, -0.25) is 13.9 Å². The van der Waals surface area contributed by atoms with Crippen LogP contribution >= 0.6 is 11.6 Å². The van der Waals surface area contributed by atoms with Crippen molar-refractivity contribution in [2.75, 3.05) is 10.8 Å². The molecule has 0 radical (unpaired) electrons. The van der Waals surface area contributed by atoms with Crippen molar-refractivity contribution in [2.24, 2.45) is 0 Å². The second kappa shape index (κ2) is 14.6. The summed E-state index contributed by atoms with van der Waals surface area (Å²) in [5, 5.41) is 3.34. The van der Waals surface area contributed by atoms with Gasteiger partial charge in [-0.1, -0.05) is 96.0 Å². The number of anilines is 1. The van der Waals surface area contributed by atoms with Gasteiger partial charge in [0, 0.05) is 24.0 Å². The van der Waals surface area contributed by atoms with Crippen LogP contribution in [0.4, 0.5) is 5.69 Å². The van der Waals surface area contributed by atoms with Gasteiger partial charge in [0.25, 0.3) is 10.0 Å². The molecular weight excluding hydrogens is 594 g/mol. The van der Waals surface area contributed by atoms with Crippen molar-refractivity contribution in [1.29, 1.82) is 0 Å². The number of rotatable bonds is 12. The van der Waals surface area contributed by atoms with Gasteiger partial charge in [-0.2, -0.15) is 0 Å². The molecule has 0 aliphatic heterocycles. The largest absolute Gasteiger partial charge is 0.352 e. The van der Waals surface area contributed by atoms with E-state index in [1.807, 2.05) is 75.4 Å². The summed E-state index contributed by atoms with van der Waals surface area (Å²) in [6.45, 7) is 6.98. The predicted molar refractivity (Wildman–Crippen MR) is 176 cm³/mol. The molecule has 9 heteroatoms. The van der Waals surface area contributed by atoms with E-state index in [9.17, 15) is 18.0 Å². The Morgan fingerprint density at radius 1 is 0.795 bits per heavy atom. The van der Waals surface area contributed by atoms with Gasteiger partial charge in [-0.05, 0) is 68.7 Å². The monoisotopic (exact) mass is 631 g/mol. The molecule has 1 atom stereocenters. The summed E-state index contributed by atoms with van der Waals surface area (Å²) >= 11 is 6.43. The average Bonchev–Trinajstić information content (AvgIpc) is 3.00. The quantitative estimate of drug-likeness (QED) is 0.198. The van der Waals surface area contributed by atoms with E-state index in [-0.39, 0.29) is 35.5 Å². The number of hydrogen-bond acceptors (Lipinski definition) is 4. The number of aryl methyl sites for hydroxylation is 1. The SMILES string of the molecule is Cc1ccc(CN(C(=O)CN(c2cccc(Cl)c2C)S(=O)(=O)c2ccccc2)C(Cc2ccccc2)C(=O)NC(C)C)cc1. The Labute approximate surface area is 265 Å². The predicted octanol–water partition coefficient (Wildman–Crippen LogP) is 6.32. The summed E-state index contributed by atoms with van der Waals surface area (Å²) in [6, 6.07) is 29.0. The zero-order valence-corrected chi connectivity index (χ0v) is 27.0. The molecule has 0 aliphatic carbocycles. The minimum Gasteiger partial charge on any atom is -0.352 e. The van der Waals surface area contributed by atoms with Crippen LogP contribution < -0.4 is 9.62 Å². The molecule has 230 valence electrons. The third-order valence-electron chi connectivity index (χ3n) is 7.29. The van der Waals surface area contributed by atoms with Crippen molar-refractivity contribution in [1.82, 2.24) is 10.2 Å². The van der Waals surface area contributed by atoms with Crippen LogP contribution in [0.5, 0.6) is 0 Å². The fourth-order valence-electron chi connectivity index (χ4n) is 4.92. The first-order valence-corrected chi connectivity index (χ1v) is 16.3. The fourth-order valence-corrected chi connectivity index (χ4v) is 6.59. The maximum Gasteiger partial charge on any atom is 0.264 e. The number of nitrogens with one attached hydrogen (secondary N) is 1. The normalized spacial score (nSPS) is 12.0. The van der Waals surface area contributed by atoms with Gasteiger partial charge in [0.1, 0.15) is 12.6 Å². The zero-order chi connectivity index (χ0) is 31.9. The maximum absolute atomic E-state index is 14.5. The summed E-state index contributed by atoms with van der Waals surface area (Å²) in [7, 11) is -4.20. The van der Waals surface area contributed by atoms with Crippen LogP contribution in [-0.4, -0.2) is 43.8 Å². The number of hydrogen-bond donors (Lipinski definition) is 1. The third kappa shape index (κ3) is 8.07. The van der Waals surface area contributed by atoms with Crippen molar-refractivity contribution < 1.29 is 18.0 Å². The summed E-state index contributed by atoms with van der Waals surface area (Å²) in [5.74, 6) is -0.843. The van der Waals surface area contributed by atoms with Crippen molar-refractivity contribution in [3.05, 3.63) is 130 Å². The van der Waals surface area contributed by atoms with Crippen LogP contribution in [0.25, 0.3) is 0 Å². The van der Waals surface area contributed by atoms with Crippen molar-refractivity contribution >= 4 is 39.1 Å². The number of benzene rings is 4. The van der Waals surface area contributed by atoms with E-state index in [0.717, 1.165) is 21.0 Å². The lowest BCUT2D eigenvalue weighted by molar-refractivity contribution is -0.140. The van der Waals surface area contributed by atoms with Crippen LogP contribution in [-0.2, 0) is 32.6 Å². The highest BCUT2D eigenvalue weighted by Gasteiger charge is 2.35. The van der Waals surface area contributed by atoms with Gasteiger partial charge < -0.3 is 10.2 Å². The first kappa shape index (κ1) is 32.8. The highest BCUT2D eigenvalue weighted by Crippen LogP contribution is 2.31. The Balaban J connectivity index is 1.82. The topological polar surface area (TPSA) is 86.8 Å². The molecule has 7 nitrogen and oxygen atoms in total. The smallest absolute Gasteiger partial charge is 0.264 e. The molecule has 4 rings (SSSR count). The molecular formula is C35H38ClN3O4S. The van der Waals surface area contributed by atoms with Gasteiger partial charge in [-0.15, -0.1) is 0 Å². The number of halogens is 1. The summed E-state index contributed by atoms with van der Waals surface area (Å²) in [5.41, 5.74) is 3.55. The molecule has 0 spiro atoms. The molecule has 0 aliphatic rings. The molecule has 1 N–H and O–H groups in total. The number of sulfonamides is 1. The molecule has 4 aromatic rings. The lowest BCUT2D eigenvalue weighted by Crippen LogP contribution is -2.54. The van der Waals surface area contributed by atoms with Gasteiger partial charge in [-0.25, -0.2) is 8.42 Å². The van der Waals surface area contributed by atoms with Crippen LogP contribution in [0.1, 0.15) is 36.1 Å². The van der Waals surface area contributed by atoms with Gasteiger partial charge in [0.05, 0.1) is 10.6 Å². The van der Waals surface area contributed by atoms with Crippen LogP contribution in [0, 0.1) is 13.8 Å². The minimum atomic E-state index is -4.20. The Bertz CT molecular complexity index is 1680. The van der Waals surface area contributed by atoms with Gasteiger partial charge >= 0.3 is 0 Å². The minimum absolute atomic E-state index is 0.0376. The van der Waals surface area contributed by atoms with Crippen molar-refractivity contribution in [2.45, 2.75) is 57.6 Å². The average molecular weight is 632 g/mol.